The molecule has 0 aromatic heterocycles. The van der Waals surface area contributed by atoms with E-state index in [2.05, 4.69) is 31.0 Å². The van der Waals surface area contributed by atoms with Gasteiger partial charge in [0.25, 0.3) is 0 Å². The lowest BCUT2D eigenvalue weighted by molar-refractivity contribution is 0.112. The third kappa shape index (κ3) is 2.49. The molecule has 0 aromatic carbocycles. The maximum Gasteiger partial charge on any atom is 0.0924 e. The summed E-state index contributed by atoms with van der Waals surface area (Å²) >= 11 is 0. The maximum atomic E-state index is 5.77. The van der Waals surface area contributed by atoms with Crippen molar-refractivity contribution in [2.75, 3.05) is 19.6 Å². The van der Waals surface area contributed by atoms with E-state index in [-0.39, 0.29) is 11.5 Å². The summed E-state index contributed by atoms with van der Waals surface area (Å²) < 4.78 is 0. The smallest absolute Gasteiger partial charge is 0.0924 e. The molecule has 1 heterocycles. The second-order valence-corrected chi connectivity index (χ2v) is 4.18. The van der Waals surface area contributed by atoms with Crippen molar-refractivity contribution >= 4 is 7.85 Å². The van der Waals surface area contributed by atoms with Gasteiger partial charge in [-0.15, -0.1) is 0 Å². The molecule has 1 unspecified atom stereocenters. The molecule has 0 amide bonds. The first-order valence-electron chi connectivity index (χ1n) is 4.24. The number of hydrogen-bond acceptors (Lipinski definition) is 2. The van der Waals surface area contributed by atoms with Gasteiger partial charge in [-0.2, -0.15) is 0 Å². The predicted molar refractivity (Wildman–Crippen MR) is 48.9 cm³/mol. The zero-order valence-corrected chi connectivity index (χ0v) is 7.72. The van der Waals surface area contributed by atoms with Crippen molar-refractivity contribution in [3.05, 3.63) is 0 Å². The van der Waals surface area contributed by atoms with E-state index < -0.39 is 0 Å². The fourth-order valence-electron chi connectivity index (χ4n) is 1.39. The van der Waals surface area contributed by atoms with Crippen molar-refractivity contribution in [1.29, 1.82) is 0 Å². The van der Waals surface area contributed by atoms with Gasteiger partial charge in [0.15, 0.2) is 0 Å². The molecule has 0 aliphatic carbocycles. The Kier molecular flexibility index (Phi) is 2.60. The minimum absolute atomic E-state index is 0.156. The van der Waals surface area contributed by atoms with Crippen LogP contribution in [-0.4, -0.2) is 43.9 Å². The highest BCUT2D eigenvalue weighted by Crippen LogP contribution is 2.14. The third-order valence-electron chi connectivity index (χ3n) is 2.15. The Morgan fingerprint density at radius 3 is 2.45 bits per heavy atom. The van der Waals surface area contributed by atoms with Gasteiger partial charge < -0.3 is 5.32 Å². The Bertz CT molecular complexity index is 131. The molecule has 62 valence electrons. The topological polar surface area (TPSA) is 15.3 Å². The number of nitrogens with one attached hydrogen (secondary N) is 1. The number of rotatable bonds is 0. The lowest BCUT2D eigenvalue weighted by Gasteiger charge is -2.41. The Morgan fingerprint density at radius 1 is 1.45 bits per heavy atom. The van der Waals surface area contributed by atoms with Gasteiger partial charge in [0.1, 0.15) is 0 Å². The van der Waals surface area contributed by atoms with E-state index in [4.69, 9.17) is 7.85 Å². The molecular formula is C8H17BN2. The summed E-state index contributed by atoms with van der Waals surface area (Å²) in [5, 5.41) is 3.22. The fraction of sp³-hybridized carbons (Fsp3) is 1.00. The molecule has 0 spiro atoms. The highest BCUT2D eigenvalue weighted by Gasteiger charge is 2.24. The standard InChI is InChI=1S/C8H17BN2/c1-8(2,3)11-5-4-10-7(9)6-11/h7,10H,4-6H2,1-3H3. The quantitative estimate of drug-likeness (QED) is 0.498. The fourth-order valence-corrected chi connectivity index (χ4v) is 1.39. The molecule has 1 aliphatic rings. The second kappa shape index (κ2) is 3.15. The van der Waals surface area contributed by atoms with Gasteiger partial charge in [-0.25, -0.2) is 0 Å². The van der Waals surface area contributed by atoms with Crippen LogP contribution in [-0.2, 0) is 0 Å². The second-order valence-electron chi connectivity index (χ2n) is 4.18. The van der Waals surface area contributed by atoms with Gasteiger partial charge in [0.05, 0.1) is 7.85 Å². The van der Waals surface area contributed by atoms with Crippen LogP contribution in [0.5, 0.6) is 0 Å². The average Bonchev–Trinajstić information content (AvgIpc) is 1.86. The van der Waals surface area contributed by atoms with Crippen LogP contribution in [0.3, 0.4) is 0 Å². The van der Waals surface area contributed by atoms with Gasteiger partial charge in [-0.05, 0) is 26.7 Å². The van der Waals surface area contributed by atoms with Crippen LogP contribution < -0.4 is 5.32 Å². The zero-order valence-electron chi connectivity index (χ0n) is 7.72. The molecule has 11 heavy (non-hydrogen) atoms. The Morgan fingerprint density at radius 2 is 2.09 bits per heavy atom. The molecule has 0 saturated carbocycles. The minimum atomic E-state index is 0.156. The molecule has 2 radical (unpaired) electrons. The Labute approximate surface area is 70.7 Å². The molecule has 3 heteroatoms. The van der Waals surface area contributed by atoms with Crippen LogP contribution in [0.1, 0.15) is 20.8 Å². The lowest BCUT2D eigenvalue weighted by Crippen LogP contribution is -2.56. The van der Waals surface area contributed by atoms with Crippen LogP contribution in [0.2, 0.25) is 0 Å². The SMILES string of the molecule is [B]C1CN(C(C)(C)C)CCN1. The normalized spacial score (nSPS) is 28.8. The van der Waals surface area contributed by atoms with E-state index in [0.717, 1.165) is 19.6 Å². The summed E-state index contributed by atoms with van der Waals surface area (Å²) in [6.07, 6.45) is 0. The average molecular weight is 152 g/mol. The van der Waals surface area contributed by atoms with Crippen molar-refractivity contribution < 1.29 is 0 Å². The third-order valence-corrected chi connectivity index (χ3v) is 2.15. The van der Waals surface area contributed by atoms with Crippen molar-refractivity contribution in [3.63, 3.8) is 0 Å². The van der Waals surface area contributed by atoms with E-state index in [1.807, 2.05) is 0 Å². The van der Waals surface area contributed by atoms with Crippen LogP contribution in [0, 0.1) is 0 Å². The van der Waals surface area contributed by atoms with Gasteiger partial charge >= 0.3 is 0 Å². The highest BCUT2D eigenvalue weighted by atomic mass is 15.2. The van der Waals surface area contributed by atoms with Crippen LogP contribution >= 0.6 is 0 Å². The van der Waals surface area contributed by atoms with Gasteiger partial charge in [-0.3, -0.25) is 4.90 Å². The van der Waals surface area contributed by atoms with E-state index in [1.54, 1.807) is 0 Å². The monoisotopic (exact) mass is 152 g/mol. The predicted octanol–water partition coefficient (Wildman–Crippen LogP) is 0.185. The molecule has 1 aliphatic heterocycles. The molecule has 1 N–H and O–H groups in total. The van der Waals surface area contributed by atoms with Crippen LogP contribution in [0.25, 0.3) is 0 Å². The number of hydrogen-bond donors (Lipinski definition) is 1. The van der Waals surface area contributed by atoms with E-state index in [0.29, 0.717) is 0 Å². The van der Waals surface area contributed by atoms with Gasteiger partial charge in [0.2, 0.25) is 0 Å². The van der Waals surface area contributed by atoms with E-state index >= 15 is 0 Å². The lowest BCUT2D eigenvalue weighted by atomic mass is 9.92. The molecule has 1 rings (SSSR count). The molecular weight excluding hydrogens is 135 g/mol. The molecule has 1 atom stereocenters. The maximum absolute atomic E-state index is 5.77. The molecule has 0 aromatic rings. The van der Waals surface area contributed by atoms with E-state index in [1.165, 1.54) is 0 Å². The number of piperazine rings is 1. The van der Waals surface area contributed by atoms with Crippen molar-refractivity contribution in [2.45, 2.75) is 32.3 Å². The molecule has 1 fully saturated rings. The number of nitrogens with zero attached hydrogens (tertiary/aromatic N) is 1. The highest BCUT2D eigenvalue weighted by molar-refractivity contribution is 6.11. The first-order chi connectivity index (χ1) is 5.00. The van der Waals surface area contributed by atoms with Crippen molar-refractivity contribution in [2.24, 2.45) is 0 Å². The van der Waals surface area contributed by atoms with Gasteiger partial charge in [-0.1, -0.05) is 0 Å². The summed E-state index contributed by atoms with van der Waals surface area (Å²) in [4.78, 5) is 2.41. The summed E-state index contributed by atoms with van der Waals surface area (Å²) in [5.74, 6) is 0.156. The summed E-state index contributed by atoms with van der Waals surface area (Å²) in [5.41, 5.74) is 0.264. The Hall–Kier alpha value is -0.0151. The van der Waals surface area contributed by atoms with Gasteiger partial charge in [0, 0.05) is 25.2 Å². The zero-order chi connectivity index (χ0) is 8.48. The molecule has 2 nitrogen and oxygen atoms in total. The summed E-state index contributed by atoms with van der Waals surface area (Å²) in [7, 11) is 5.77. The summed E-state index contributed by atoms with van der Waals surface area (Å²) in [6, 6.07) is 0. The minimum Gasteiger partial charge on any atom is -0.320 e. The first-order valence-corrected chi connectivity index (χ1v) is 4.24. The summed E-state index contributed by atoms with van der Waals surface area (Å²) in [6.45, 7) is 9.76. The van der Waals surface area contributed by atoms with Crippen molar-refractivity contribution in [1.82, 2.24) is 10.2 Å². The Balaban J connectivity index is 2.46. The van der Waals surface area contributed by atoms with Crippen LogP contribution in [0.15, 0.2) is 0 Å². The first kappa shape index (κ1) is 9.08. The largest absolute Gasteiger partial charge is 0.320 e. The van der Waals surface area contributed by atoms with Crippen molar-refractivity contribution in [3.8, 4) is 0 Å². The van der Waals surface area contributed by atoms with Crippen LogP contribution in [0.4, 0.5) is 0 Å². The molecule has 0 bridgehead atoms. The van der Waals surface area contributed by atoms with E-state index in [9.17, 15) is 0 Å². The molecule has 1 saturated heterocycles.